The number of rotatable bonds is 5. The quantitative estimate of drug-likeness (QED) is 0.866. The average Bonchev–Trinajstić information content (AvgIpc) is 2.39. The lowest BCUT2D eigenvalue weighted by atomic mass is 10.1. The molecule has 4 heteroatoms. The van der Waals surface area contributed by atoms with Crippen LogP contribution >= 0.6 is 0 Å². The Labute approximate surface area is 121 Å². The third-order valence-electron chi connectivity index (χ3n) is 4.35. The smallest absolute Gasteiger partial charge is 0.119 e. The molecule has 0 aliphatic carbocycles. The summed E-state index contributed by atoms with van der Waals surface area (Å²) >= 11 is 0. The summed E-state index contributed by atoms with van der Waals surface area (Å²) in [6.45, 7) is 11.0. The van der Waals surface area contributed by atoms with E-state index in [1.54, 1.807) is 0 Å². The molecule has 20 heavy (non-hydrogen) atoms. The lowest BCUT2D eigenvalue weighted by molar-refractivity contribution is 0.0663. The standard InChI is InChI=1S/C16H25N3O/c1-14-3-2-4-16(11-14)20-10-9-18-5-7-19(8-6-18)15-12-17-13-15/h2-4,11,15,17H,5-10,12-13H2,1H3. The minimum atomic E-state index is 0.786. The summed E-state index contributed by atoms with van der Waals surface area (Å²) < 4.78 is 5.83. The van der Waals surface area contributed by atoms with Gasteiger partial charge in [0, 0.05) is 51.9 Å². The van der Waals surface area contributed by atoms with E-state index in [2.05, 4.69) is 40.2 Å². The molecule has 0 spiro atoms. The van der Waals surface area contributed by atoms with Gasteiger partial charge in [-0.15, -0.1) is 0 Å². The summed E-state index contributed by atoms with van der Waals surface area (Å²) in [4.78, 5) is 5.13. The third kappa shape index (κ3) is 3.51. The predicted molar refractivity (Wildman–Crippen MR) is 81.3 cm³/mol. The normalized spacial score (nSPS) is 21.6. The van der Waals surface area contributed by atoms with Crippen molar-refractivity contribution in [3.05, 3.63) is 29.8 Å². The van der Waals surface area contributed by atoms with E-state index in [0.29, 0.717) is 0 Å². The molecular formula is C16H25N3O. The number of hydrogen-bond acceptors (Lipinski definition) is 4. The van der Waals surface area contributed by atoms with Crippen LogP contribution in [0, 0.1) is 6.92 Å². The van der Waals surface area contributed by atoms with Gasteiger partial charge in [-0.25, -0.2) is 0 Å². The molecule has 0 atom stereocenters. The Morgan fingerprint density at radius 2 is 2.00 bits per heavy atom. The van der Waals surface area contributed by atoms with E-state index >= 15 is 0 Å². The van der Waals surface area contributed by atoms with Crippen LogP contribution in [0.15, 0.2) is 24.3 Å². The lowest BCUT2D eigenvalue weighted by Crippen LogP contribution is -2.61. The van der Waals surface area contributed by atoms with Crippen molar-refractivity contribution < 1.29 is 4.74 Å². The minimum Gasteiger partial charge on any atom is -0.492 e. The van der Waals surface area contributed by atoms with Crippen LogP contribution in [0.25, 0.3) is 0 Å². The number of hydrogen-bond donors (Lipinski definition) is 1. The highest BCUT2D eigenvalue weighted by molar-refractivity contribution is 5.27. The summed E-state index contributed by atoms with van der Waals surface area (Å²) in [6, 6.07) is 9.08. The van der Waals surface area contributed by atoms with E-state index in [0.717, 1.165) is 24.9 Å². The number of aryl methyl sites for hydroxylation is 1. The number of benzene rings is 1. The molecule has 110 valence electrons. The maximum Gasteiger partial charge on any atom is 0.119 e. The fraction of sp³-hybridized carbons (Fsp3) is 0.625. The van der Waals surface area contributed by atoms with Crippen LogP contribution in [0.4, 0.5) is 0 Å². The number of nitrogens with zero attached hydrogens (tertiary/aromatic N) is 2. The molecule has 0 bridgehead atoms. The van der Waals surface area contributed by atoms with Crippen LogP contribution in [0.2, 0.25) is 0 Å². The van der Waals surface area contributed by atoms with Crippen LogP contribution < -0.4 is 10.1 Å². The lowest BCUT2D eigenvalue weighted by Gasteiger charge is -2.43. The molecule has 1 N–H and O–H groups in total. The van der Waals surface area contributed by atoms with E-state index in [9.17, 15) is 0 Å². The molecule has 2 saturated heterocycles. The first-order valence-corrected chi connectivity index (χ1v) is 7.68. The van der Waals surface area contributed by atoms with Gasteiger partial charge in [0.2, 0.25) is 0 Å². The van der Waals surface area contributed by atoms with Gasteiger partial charge in [-0.05, 0) is 24.6 Å². The number of piperazine rings is 1. The summed E-state index contributed by atoms with van der Waals surface area (Å²) in [5.41, 5.74) is 1.25. The van der Waals surface area contributed by atoms with Gasteiger partial charge >= 0.3 is 0 Å². The maximum absolute atomic E-state index is 5.83. The van der Waals surface area contributed by atoms with Crippen LogP contribution in [-0.4, -0.2) is 68.3 Å². The SMILES string of the molecule is Cc1cccc(OCCN2CCN(C3CNC3)CC2)c1. The molecular weight excluding hydrogens is 250 g/mol. The zero-order valence-electron chi connectivity index (χ0n) is 12.3. The Balaban J connectivity index is 1.35. The van der Waals surface area contributed by atoms with Crippen molar-refractivity contribution in [2.24, 2.45) is 0 Å². The van der Waals surface area contributed by atoms with E-state index < -0.39 is 0 Å². The third-order valence-corrected chi connectivity index (χ3v) is 4.35. The summed E-state index contributed by atoms with van der Waals surface area (Å²) in [5, 5.41) is 3.35. The summed E-state index contributed by atoms with van der Waals surface area (Å²) in [5.74, 6) is 0.990. The van der Waals surface area contributed by atoms with Gasteiger partial charge in [0.15, 0.2) is 0 Å². The molecule has 3 rings (SSSR count). The van der Waals surface area contributed by atoms with Gasteiger partial charge in [-0.1, -0.05) is 12.1 Å². The second-order valence-corrected chi connectivity index (χ2v) is 5.85. The Morgan fingerprint density at radius 1 is 1.20 bits per heavy atom. The molecule has 0 unspecified atom stereocenters. The van der Waals surface area contributed by atoms with Crippen molar-refractivity contribution in [2.75, 3.05) is 52.4 Å². The Kier molecular flexibility index (Phi) is 4.55. The molecule has 0 aromatic heterocycles. The zero-order chi connectivity index (χ0) is 13.8. The van der Waals surface area contributed by atoms with Crippen molar-refractivity contribution in [1.29, 1.82) is 0 Å². The van der Waals surface area contributed by atoms with Crippen LogP contribution in [-0.2, 0) is 0 Å². The van der Waals surface area contributed by atoms with Crippen LogP contribution in [0.3, 0.4) is 0 Å². The Morgan fingerprint density at radius 3 is 2.65 bits per heavy atom. The van der Waals surface area contributed by atoms with Gasteiger partial charge in [0.25, 0.3) is 0 Å². The highest BCUT2D eigenvalue weighted by atomic mass is 16.5. The molecule has 4 nitrogen and oxygen atoms in total. The fourth-order valence-electron chi connectivity index (χ4n) is 2.88. The first-order valence-electron chi connectivity index (χ1n) is 7.68. The predicted octanol–water partition coefficient (Wildman–Crippen LogP) is 0.963. The average molecular weight is 275 g/mol. The van der Waals surface area contributed by atoms with Gasteiger partial charge in [-0.3, -0.25) is 9.80 Å². The molecule has 1 aromatic rings. The number of ether oxygens (including phenoxy) is 1. The topological polar surface area (TPSA) is 27.7 Å². The largest absolute Gasteiger partial charge is 0.492 e. The van der Waals surface area contributed by atoms with E-state index in [4.69, 9.17) is 4.74 Å². The second-order valence-electron chi connectivity index (χ2n) is 5.85. The van der Waals surface area contributed by atoms with E-state index in [1.165, 1.54) is 44.8 Å². The first kappa shape index (κ1) is 13.9. The van der Waals surface area contributed by atoms with Gasteiger partial charge in [-0.2, -0.15) is 0 Å². The number of nitrogens with one attached hydrogen (secondary N) is 1. The van der Waals surface area contributed by atoms with Crippen molar-refractivity contribution in [1.82, 2.24) is 15.1 Å². The molecule has 2 aliphatic rings. The molecule has 2 heterocycles. The van der Waals surface area contributed by atoms with E-state index in [-0.39, 0.29) is 0 Å². The van der Waals surface area contributed by atoms with Crippen LogP contribution in [0.1, 0.15) is 5.56 Å². The van der Waals surface area contributed by atoms with Crippen LogP contribution in [0.5, 0.6) is 5.75 Å². The monoisotopic (exact) mass is 275 g/mol. The van der Waals surface area contributed by atoms with Crippen molar-refractivity contribution in [3.63, 3.8) is 0 Å². The molecule has 0 saturated carbocycles. The highest BCUT2D eigenvalue weighted by Gasteiger charge is 2.27. The summed E-state index contributed by atoms with van der Waals surface area (Å²) in [7, 11) is 0. The second kappa shape index (κ2) is 6.57. The van der Waals surface area contributed by atoms with Gasteiger partial charge < -0.3 is 10.1 Å². The Hall–Kier alpha value is -1.10. The van der Waals surface area contributed by atoms with E-state index in [1.807, 2.05) is 6.07 Å². The van der Waals surface area contributed by atoms with Gasteiger partial charge in [0.1, 0.15) is 12.4 Å². The molecule has 0 amide bonds. The van der Waals surface area contributed by atoms with Gasteiger partial charge in [0.05, 0.1) is 0 Å². The highest BCUT2D eigenvalue weighted by Crippen LogP contribution is 2.13. The minimum absolute atomic E-state index is 0.786. The summed E-state index contributed by atoms with van der Waals surface area (Å²) in [6.07, 6.45) is 0. The Bertz CT molecular complexity index is 425. The maximum atomic E-state index is 5.83. The van der Waals surface area contributed by atoms with Crippen molar-refractivity contribution in [3.8, 4) is 5.75 Å². The zero-order valence-corrected chi connectivity index (χ0v) is 12.3. The molecule has 1 aromatic carbocycles. The molecule has 2 fully saturated rings. The van der Waals surface area contributed by atoms with Crippen molar-refractivity contribution >= 4 is 0 Å². The molecule has 0 radical (unpaired) electrons. The molecule has 2 aliphatic heterocycles. The van der Waals surface area contributed by atoms with Crippen molar-refractivity contribution in [2.45, 2.75) is 13.0 Å². The first-order chi connectivity index (χ1) is 9.81. The fourth-order valence-corrected chi connectivity index (χ4v) is 2.88.